The lowest BCUT2D eigenvalue weighted by Crippen LogP contribution is -2.34. The number of alkyl carbamates (subject to hydrolysis) is 1. The average molecular weight is 346 g/mol. The predicted octanol–water partition coefficient (Wildman–Crippen LogP) is 2.66. The van der Waals surface area contributed by atoms with Crippen molar-refractivity contribution >= 4 is 17.7 Å². The first kappa shape index (κ1) is 19.5. The van der Waals surface area contributed by atoms with Crippen molar-refractivity contribution in [3.8, 4) is 5.75 Å². The van der Waals surface area contributed by atoms with Crippen molar-refractivity contribution in [2.75, 3.05) is 13.7 Å². The fourth-order valence-electron chi connectivity index (χ4n) is 1.88. The molecule has 1 rings (SSSR count). The number of hydrogen-bond acceptors (Lipinski definition) is 5. The molecule has 0 aliphatic heterocycles. The minimum Gasteiger partial charge on any atom is -0.495 e. The van der Waals surface area contributed by atoms with Crippen LogP contribution in [-0.2, 0) is 4.74 Å². The van der Waals surface area contributed by atoms with Crippen LogP contribution in [0, 0.1) is 0 Å². The minimum atomic E-state index is -1.11. The largest absolute Gasteiger partial charge is 0.495 e. The van der Waals surface area contributed by atoms with Crippen molar-refractivity contribution in [2.24, 2.45) is 0 Å². The first-order valence-corrected chi connectivity index (χ1v) is 7.68. The van der Waals surface area contributed by atoms with E-state index in [-0.39, 0.29) is 13.0 Å². The number of rotatable bonds is 6. The Morgan fingerprint density at radius 2 is 2.00 bits per heavy atom. The molecule has 0 saturated heterocycles. The third kappa shape index (κ3) is 6.64. The zero-order chi connectivity index (χ0) is 17.6. The van der Waals surface area contributed by atoms with Gasteiger partial charge in [-0.25, -0.2) is 4.79 Å². The van der Waals surface area contributed by atoms with Crippen molar-refractivity contribution in [1.29, 1.82) is 0 Å². The van der Waals surface area contributed by atoms with Gasteiger partial charge in [0.05, 0.1) is 18.2 Å². The van der Waals surface area contributed by atoms with Crippen LogP contribution in [-0.4, -0.2) is 41.7 Å². The average Bonchev–Trinajstić information content (AvgIpc) is 2.44. The van der Waals surface area contributed by atoms with Crippen LogP contribution < -0.4 is 10.1 Å². The highest BCUT2D eigenvalue weighted by atomic mass is 35.5. The number of halogens is 1. The lowest BCUT2D eigenvalue weighted by molar-refractivity contribution is 0.0123. The summed E-state index contributed by atoms with van der Waals surface area (Å²) in [5.41, 5.74) is -0.109. The van der Waals surface area contributed by atoms with E-state index < -0.39 is 23.9 Å². The van der Waals surface area contributed by atoms with Crippen LogP contribution in [0.4, 0.5) is 4.79 Å². The van der Waals surface area contributed by atoms with Crippen LogP contribution >= 0.6 is 11.6 Å². The van der Waals surface area contributed by atoms with Gasteiger partial charge in [0.25, 0.3) is 0 Å². The van der Waals surface area contributed by atoms with Crippen molar-refractivity contribution in [2.45, 2.75) is 45.0 Å². The summed E-state index contributed by atoms with van der Waals surface area (Å²) in [5.74, 6) is 0.490. The zero-order valence-corrected chi connectivity index (χ0v) is 14.6. The Hall–Kier alpha value is -1.50. The van der Waals surface area contributed by atoms with Gasteiger partial charge in [-0.1, -0.05) is 17.7 Å². The third-order valence-corrected chi connectivity index (χ3v) is 3.29. The quantitative estimate of drug-likeness (QED) is 0.737. The predicted molar refractivity (Wildman–Crippen MR) is 87.8 cm³/mol. The number of nitrogens with one attached hydrogen (secondary N) is 1. The SMILES string of the molecule is COc1ccc(C(O)C(O)CCNC(=O)OC(C)(C)C)cc1Cl. The molecule has 2 unspecified atom stereocenters. The molecule has 0 heterocycles. The van der Waals surface area contributed by atoms with E-state index in [1.54, 1.807) is 32.9 Å². The van der Waals surface area contributed by atoms with Gasteiger partial charge in [0.2, 0.25) is 0 Å². The van der Waals surface area contributed by atoms with Crippen LogP contribution in [0.25, 0.3) is 0 Å². The molecule has 2 atom stereocenters. The topological polar surface area (TPSA) is 88.0 Å². The fraction of sp³-hybridized carbons (Fsp3) is 0.562. The van der Waals surface area contributed by atoms with Crippen LogP contribution in [0.1, 0.15) is 38.9 Å². The molecule has 1 amide bonds. The van der Waals surface area contributed by atoms with E-state index >= 15 is 0 Å². The van der Waals surface area contributed by atoms with Crippen molar-refractivity contribution in [3.05, 3.63) is 28.8 Å². The number of hydrogen-bond donors (Lipinski definition) is 3. The molecule has 0 aliphatic rings. The van der Waals surface area contributed by atoms with E-state index in [0.717, 1.165) is 0 Å². The number of aliphatic hydroxyl groups excluding tert-OH is 2. The molecule has 7 heteroatoms. The summed E-state index contributed by atoms with van der Waals surface area (Å²) in [5, 5.41) is 23.0. The van der Waals surface area contributed by atoms with Crippen molar-refractivity contribution < 1.29 is 24.5 Å². The van der Waals surface area contributed by atoms with Gasteiger partial charge in [-0.2, -0.15) is 0 Å². The van der Waals surface area contributed by atoms with E-state index in [1.807, 2.05) is 0 Å². The Morgan fingerprint density at radius 1 is 1.35 bits per heavy atom. The summed E-state index contributed by atoms with van der Waals surface area (Å²) in [6.07, 6.45) is -2.55. The summed E-state index contributed by atoms with van der Waals surface area (Å²) in [6, 6.07) is 4.78. The van der Waals surface area contributed by atoms with Gasteiger partial charge in [0.15, 0.2) is 0 Å². The van der Waals surface area contributed by atoms with Crippen molar-refractivity contribution in [3.63, 3.8) is 0 Å². The number of aliphatic hydroxyl groups is 2. The number of methoxy groups -OCH3 is 1. The van der Waals surface area contributed by atoms with Gasteiger partial charge in [0.1, 0.15) is 17.5 Å². The van der Waals surface area contributed by atoms with Crippen LogP contribution in [0.15, 0.2) is 18.2 Å². The Labute approximate surface area is 141 Å². The molecule has 1 aromatic carbocycles. The van der Waals surface area contributed by atoms with Gasteiger partial charge >= 0.3 is 6.09 Å². The summed E-state index contributed by atoms with van der Waals surface area (Å²) >= 11 is 5.99. The molecule has 1 aromatic rings. The molecule has 130 valence electrons. The van der Waals surface area contributed by atoms with E-state index in [4.69, 9.17) is 21.1 Å². The normalized spacial score (nSPS) is 14.0. The molecule has 0 bridgehead atoms. The molecule has 0 aromatic heterocycles. The highest BCUT2D eigenvalue weighted by Crippen LogP contribution is 2.29. The van der Waals surface area contributed by atoms with Crippen LogP contribution in [0.2, 0.25) is 5.02 Å². The molecular formula is C16H24ClNO5. The lowest BCUT2D eigenvalue weighted by atomic mass is 10.0. The molecule has 0 spiro atoms. The standard InChI is InChI=1S/C16H24ClNO5/c1-16(2,3)23-15(21)18-8-7-12(19)14(20)10-5-6-13(22-4)11(17)9-10/h5-6,9,12,14,19-20H,7-8H2,1-4H3,(H,18,21). The molecule has 0 fully saturated rings. The number of ether oxygens (including phenoxy) is 2. The van der Waals surface area contributed by atoms with Crippen LogP contribution in [0.5, 0.6) is 5.75 Å². The van der Waals surface area contributed by atoms with E-state index in [1.165, 1.54) is 13.2 Å². The summed E-state index contributed by atoms with van der Waals surface area (Å²) in [7, 11) is 1.49. The molecule has 0 radical (unpaired) electrons. The van der Waals surface area contributed by atoms with Gasteiger partial charge in [-0.15, -0.1) is 0 Å². The molecule has 0 aliphatic carbocycles. The number of carbonyl (C=O) groups excluding carboxylic acids is 1. The highest BCUT2D eigenvalue weighted by molar-refractivity contribution is 6.32. The summed E-state index contributed by atoms with van der Waals surface area (Å²) in [4.78, 5) is 11.5. The zero-order valence-electron chi connectivity index (χ0n) is 13.8. The van der Waals surface area contributed by atoms with Gasteiger partial charge in [-0.05, 0) is 44.9 Å². The van der Waals surface area contributed by atoms with E-state index in [2.05, 4.69) is 5.32 Å². The second-order valence-corrected chi connectivity index (χ2v) is 6.53. The monoisotopic (exact) mass is 345 g/mol. The first-order valence-electron chi connectivity index (χ1n) is 7.30. The summed E-state index contributed by atoms with van der Waals surface area (Å²) < 4.78 is 10.1. The van der Waals surface area contributed by atoms with Gasteiger partial charge in [-0.3, -0.25) is 0 Å². The molecule has 0 saturated carbocycles. The van der Waals surface area contributed by atoms with E-state index in [9.17, 15) is 15.0 Å². The maximum atomic E-state index is 11.5. The highest BCUT2D eigenvalue weighted by Gasteiger charge is 2.20. The van der Waals surface area contributed by atoms with Gasteiger partial charge in [0, 0.05) is 6.54 Å². The van der Waals surface area contributed by atoms with E-state index in [0.29, 0.717) is 16.3 Å². The molecular weight excluding hydrogens is 322 g/mol. The smallest absolute Gasteiger partial charge is 0.407 e. The second-order valence-electron chi connectivity index (χ2n) is 6.12. The molecule has 6 nitrogen and oxygen atoms in total. The van der Waals surface area contributed by atoms with Crippen molar-refractivity contribution in [1.82, 2.24) is 5.32 Å². The lowest BCUT2D eigenvalue weighted by Gasteiger charge is -2.21. The number of benzene rings is 1. The Morgan fingerprint density at radius 3 is 2.52 bits per heavy atom. The molecule has 23 heavy (non-hydrogen) atoms. The van der Waals surface area contributed by atoms with Gasteiger partial charge < -0.3 is 25.0 Å². The Kier molecular flexibility index (Phi) is 7.12. The molecule has 3 N–H and O–H groups in total. The van der Waals surface area contributed by atoms with Crippen LogP contribution in [0.3, 0.4) is 0 Å². The Bertz CT molecular complexity index is 530. The maximum absolute atomic E-state index is 11.5. The number of carbonyl (C=O) groups is 1. The second kappa shape index (κ2) is 8.38. The fourth-order valence-corrected chi connectivity index (χ4v) is 2.15. The number of amides is 1. The third-order valence-electron chi connectivity index (χ3n) is 2.99. The summed E-state index contributed by atoms with van der Waals surface area (Å²) in [6.45, 7) is 5.47. The minimum absolute atomic E-state index is 0.171. The Balaban J connectivity index is 2.49. The first-order chi connectivity index (χ1) is 10.6. The maximum Gasteiger partial charge on any atom is 0.407 e.